The molecule has 19 heavy (non-hydrogen) atoms. The van der Waals surface area contributed by atoms with Gasteiger partial charge in [-0.3, -0.25) is 0 Å². The summed E-state index contributed by atoms with van der Waals surface area (Å²) in [7, 11) is 3.74. The molecule has 7 heteroatoms. The zero-order chi connectivity index (χ0) is 14.6. The second-order valence-corrected chi connectivity index (χ2v) is 5.38. The number of amides is 2. The summed E-state index contributed by atoms with van der Waals surface area (Å²) in [4.78, 5) is 26.4. The number of nitrogens with one attached hydrogen (secondary N) is 1. The molecule has 1 saturated heterocycles. The van der Waals surface area contributed by atoms with Crippen molar-refractivity contribution < 1.29 is 19.8 Å². The minimum atomic E-state index is -1.94. The Labute approximate surface area is 113 Å². The number of likely N-dealkylation sites (tertiary alicyclic amines) is 1. The van der Waals surface area contributed by atoms with Gasteiger partial charge >= 0.3 is 12.0 Å². The summed E-state index contributed by atoms with van der Waals surface area (Å²) in [6, 6.07) is -0.193. The van der Waals surface area contributed by atoms with Crippen molar-refractivity contribution in [2.75, 3.05) is 33.7 Å². The molecule has 1 heterocycles. The Morgan fingerprint density at radius 2 is 1.95 bits per heavy atom. The van der Waals surface area contributed by atoms with Gasteiger partial charge in [0.25, 0.3) is 0 Å². The molecule has 0 bridgehead atoms. The van der Waals surface area contributed by atoms with Gasteiger partial charge in [0.1, 0.15) is 0 Å². The van der Waals surface area contributed by atoms with Crippen LogP contribution >= 0.6 is 0 Å². The lowest BCUT2D eigenvalue weighted by molar-refractivity contribution is -0.155. The Balaban J connectivity index is 2.43. The molecule has 0 spiro atoms. The smallest absolute Gasteiger partial charge is 0.337 e. The van der Waals surface area contributed by atoms with Crippen molar-refractivity contribution in [1.29, 1.82) is 0 Å². The van der Waals surface area contributed by atoms with E-state index in [0.717, 1.165) is 32.9 Å². The summed E-state index contributed by atoms with van der Waals surface area (Å²) < 4.78 is 0. The van der Waals surface area contributed by atoms with Crippen LogP contribution in [0.1, 0.15) is 19.8 Å². The van der Waals surface area contributed by atoms with E-state index in [4.69, 9.17) is 5.11 Å². The van der Waals surface area contributed by atoms with E-state index in [0.29, 0.717) is 0 Å². The molecule has 3 N–H and O–H groups in total. The lowest BCUT2D eigenvalue weighted by Gasteiger charge is -2.35. The van der Waals surface area contributed by atoms with Crippen molar-refractivity contribution in [2.24, 2.45) is 0 Å². The molecule has 110 valence electrons. The summed E-state index contributed by atoms with van der Waals surface area (Å²) in [6.07, 6.45) is 1.80. The number of rotatable bonds is 4. The van der Waals surface area contributed by atoms with Crippen LogP contribution < -0.4 is 5.32 Å². The van der Waals surface area contributed by atoms with Crippen molar-refractivity contribution in [3.05, 3.63) is 0 Å². The number of hydrogen-bond donors (Lipinski definition) is 3. The van der Waals surface area contributed by atoms with E-state index in [1.807, 2.05) is 7.05 Å². The summed E-state index contributed by atoms with van der Waals surface area (Å²) in [6.45, 7) is 2.73. The highest BCUT2D eigenvalue weighted by Crippen LogP contribution is 2.14. The zero-order valence-electron chi connectivity index (χ0n) is 11.7. The first-order chi connectivity index (χ1) is 8.74. The predicted molar refractivity (Wildman–Crippen MR) is 69.9 cm³/mol. The van der Waals surface area contributed by atoms with E-state index in [1.165, 1.54) is 0 Å². The van der Waals surface area contributed by atoms with Gasteiger partial charge in [0.2, 0.25) is 0 Å². The largest absolute Gasteiger partial charge is 0.479 e. The average molecular weight is 273 g/mol. The number of carbonyl (C=O) groups is 2. The fraction of sp³-hybridized carbons (Fsp3) is 0.833. The topological polar surface area (TPSA) is 93.1 Å². The third kappa shape index (κ3) is 4.36. The Bertz CT molecular complexity index is 338. The van der Waals surface area contributed by atoms with Gasteiger partial charge < -0.3 is 25.3 Å². The highest BCUT2D eigenvalue weighted by molar-refractivity contribution is 5.79. The van der Waals surface area contributed by atoms with E-state index in [-0.39, 0.29) is 18.6 Å². The third-order valence-electron chi connectivity index (χ3n) is 3.60. The van der Waals surface area contributed by atoms with E-state index >= 15 is 0 Å². The molecule has 0 saturated carbocycles. The maximum absolute atomic E-state index is 11.9. The normalized spacial score (nSPS) is 20.6. The monoisotopic (exact) mass is 273 g/mol. The number of aliphatic hydroxyl groups is 1. The number of carboxylic acids is 1. The maximum Gasteiger partial charge on any atom is 0.337 e. The highest BCUT2D eigenvalue weighted by Gasteiger charge is 2.31. The predicted octanol–water partition coefficient (Wildman–Crippen LogP) is -0.442. The molecule has 0 aromatic rings. The van der Waals surface area contributed by atoms with Crippen LogP contribution in [-0.4, -0.2) is 77.4 Å². The molecule has 0 aromatic carbocycles. The lowest BCUT2D eigenvalue weighted by atomic mass is 10.0. The molecule has 1 aliphatic rings. The Morgan fingerprint density at radius 3 is 2.42 bits per heavy atom. The third-order valence-corrected chi connectivity index (χ3v) is 3.60. The molecule has 1 aliphatic heterocycles. The van der Waals surface area contributed by atoms with Crippen LogP contribution in [0.25, 0.3) is 0 Å². The van der Waals surface area contributed by atoms with Crippen LogP contribution in [-0.2, 0) is 4.79 Å². The Hall–Kier alpha value is -1.34. The van der Waals surface area contributed by atoms with Crippen molar-refractivity contribution in [1.82, 2.24) is 15.1 Å². The molecule has 1 unspecified atom stereocenters. The first-order valence-corrected chi connectivity index (χ1v) is 6.39. The number of piperidine rings is 1. The molecular weight excluding hydrogens is 250 g/mol. The first-order valence-electron chi connectivity index (χ1n) is 6.39. The molecule has 2 amide bonds. The fourth-order valence-corrected chi connectivity index (χ4v) is 2.00. The minimum absolute atomic E-state index is 0.158. The van der Waals surface area contributed by atoms with Crippen molar-refractivity contribution in [3.63, 3.8) is 0 Å². The second-order valence-electron chi connectivity index (χ2n) is 5.38. The van der Waals surface area contributed by atoms with Gasteiger partial charge in [-0.1, -0.05) is 0 Å². The molecule has 1 atom stereocenters. The van der Waals surface area contributed by atoms with Crippen LogP contribution in [0, 0.1) is 0 Å². The van der Waals surface area contributed by atoms with E-state index in [9.17, 15) is 14.7 Å². The maximum atomic E-state index is 11.9. The standard InChI is InChI=1S/C12H23N3O4/c1-12(19,10(16)17)8-13-11(18)15(3)9-4-6-14(2)7-5-9/h9,19H,4-8H2,1-3H3,(H,13,18)(H,16,17). The van der Waals surface area contributed by atoms with Gasteiger partial charge in [0.05, 0.1) is 6.54 Å². The van der Waals surface area contributed by atoms with Gasteiger partial charge in [-0.2, -0.15) is 0 Å². The first kappa shape index (κ1) is 15.7. The SMILES string of the molecule is CN1CCC(N(C)C(=O)NCC(C)(O)C(=O)O)CC1. The molecule has 1 rings (SSSR count). The highest BCUT2D eigenvalue weighted by atomic mass is 16.4. The van der Waals surface area contributed by atoms with Crippen molar-refractivity contribution >= 4 is 12.0 Å². The van der Waals surface area contributed by atoms with E-state index in [1.54, 1.807) is 11.9 Å². The summed E-state index contributed by atoms with van der Waals surface area (Å²) in [5, 5.41) is 20.7. The molecular formula is C12H23N3O4. The van der Waals surface area contributed by atoms with Crippen molar-refractivity contribution in [2.45, 2.75) is 31.4 Å². The number of urea groups is 1. The molecule has 0 aliphatic carbocycles. The number of nitrogens with zero attached hydrogens (tertiary/aromatic N) is 2. The van der Waals surface area contributed by atoms with Gasteiger partial charge in [-0.15, -0.1) is 0 Å². The molecule has 0 aromatic heterocycles. The number of carbonyl (C=O) groups excluding carboxylic acids is 1. The summed E-state index contributed by atoms with van der Waals surface area (Å²) >= 11 is 0. The van der Waals surface area contributed by atoms with Gasteiger partial charge in [0, 0.05) is 13.1 Å². The van der Waals surface area contributed by atoms with Crippen LogP contribution in [0.15, 0.2) is 0 Å². The minimum Gasteiger partial charge on any atom is -0.479 e. The Morgan fingerprint density at radius 1 is 1.42 bits per heavy atom. The number of carboxylic acid groups (broad SMARTS) is 1. The van der Waals surface area contributed by atoms with Gasteiger partial charge in [0.15, 0.2) is 5.60 Å². The number of hydrogen-bond acceptors (Lipinski definition) is 4. The fourth-order valence-electron chi connectivity index (χ4n) is 2.00. The van der Waals surface area contributed by atoms with Crippen LogP contribution in [0.5, 0.6) is 0 Å². The molecule has 1 fully saturated rings. The summed E-state index contributed by atoms with van der Waals surface area (Å²) in [5.74, 6) is -1.35. The lowest BCUT2D eigenvalue weighted by Crippen LogP contribution is -2.52. The zero-order valence-corrected chi connectivity index (χ0v) is 11.7. The van der Waals surface area contributed by atoms with E-state index in [2.05, 4.69) is 10.2 Å². The Kier molecular flexibility index (Phi) is 5.13. The molecule has 0 radical (unpaired) electrons. The second kappa shape index (κ2) is 6.21. The van der Waals surface area contributed by atoms with Gasteiger partial charge in [-0.25, -0.2) is 9.59 Å². The van der Waals surface area contributed by atoms with Crippen molar-refractivity contribution in [3.8, 4) is 0 Å². The van der Waals surface area contributed by atoms with Gasteiger partial charge in [-0.05, 0) is 39.9 Å². The van der Waals surface area contributed by atoms with Crippen LogP contribution in [0.4, 0.5) is 4.79 Å². The van der Waals surface area contributed by atoms with Crippen LogP contribution in [0.2, 0.25) is 0 Å². The quantitative estimate of drug-likeness (QED) is 0.645. The average Bonchev–Trinajstić information content (AvgIpc) is 2.36. The van der Waals surface area contributed by atoms with Crippen LogP contribution in [0.3, 0.4) is 0 Å². The summed E-state index contributed by atoms with van der Waals surface area (Å²) in [5.41, 5.74) is -1.94. The molecule has 7 nitrogen and oxygen atoms in total. The number of aliphatic carboxylic acids is 1. The van der Waals surface area contributed by atoms with E-state index < -0.39 is 11.6 Å².